The van der Waals surface area contributed by atoms with Crippen molar-refractivity contribution in [1.82, 2.24) is 10.2 Å². The van der Waals surface area contributed by atoms with Crippen LogP contribution in [0.4, 0.5) is 8.78 Å². The van der Waals surface area contributed by atoms with E-state index in [0.29, 0.717) is 13.0 Å². The Kier molecular flexibility index (Phi) is 7.16. The van der Waals surface area contributed by atoms with Gasteiger partial charge in [0.2, 0.25) is 0 Å². The summed E-state index contributed by atoms with van der Waals surface area (Å²) in [7, 11) is 1.56. The van der Waals surface area contributed by atoms with Gasteiger partial charge in [0.25, 0.3) is 6.43 Å². The van der Waals surface area contributed by atoms with Gasteiger partial charge in [-0.3, -0.25) is 4.79 Å². The summed E-state index contributed by atoms with van der Waals surface area (Å²) in [6.07, 6.45) is -2.07. The minimum absolute atomic E-state index is 0.0569. The summed E-state index contributed by atoms with van der Waals surface area (Å²) < 4.78 is 24.0. The van der Waals surface area contributed by atoms with Gasteiger partial charge in [-0.1, -0.05) is 13.8 Å². The van der Waals surface area contributed by atoms with Gasteiger partial charge in [0.05, 0.1) is 6.54 Å². The van der Waals surface area contributed by atoms with Crippen LogP contribution in [0.3, 0.4) is 0 Å². The van der Waals surface area contributed by atoms with Gasteiger partial charge in [-0.15, -0.1) is 0 Å². The van der Waals surface area contributed by atoms with Crippen LogP contribution < -0.4 is 5.32 Å². The molecule has 0 aliphatic carbocycles. The van der Waals surface area contributed by atoms with Crippen LogP contribution >= 0.6 is 0 Å². The molecular formula is C10H20F2N2O2. The first-order valence-corrected chi connectivity index (χ1v) is 5.28. The maximum absolute atomic E-state index is 12.0. The van der Waals surface area contributed by atoms with Gasteiger partial charge in [0, 0.05) is 12.6 Å². The average molecular weight is 238 g/mol. The number of aliphatic carboxylic acids is 1. The Balaban J connectivity index is 3.97. The number of hydrogen-bond donors (Lipinski definition) is 2. The Morgan fingerprint density at radius 2 is 2.00 bits per heavy atom. The average Bonchev–Trinajstić information content (AvgIpc) is 2.09. The Bertz CT molecular complexity index is 213. The van der Waals surface area contributed by atoms with Crippen LogP contribution in [0.2, 0.25) is 0 Å². The van der Waals surface area contributed by atoms with E-state index in [2.05, 4.69) is 5.32 Å². The molecule has 0 aromatic heterocycles. The lowest BCUT2D eigenvalue weighted by molar-refractivity contribution is -0.139. The maximum Gasteiger partial charge on any atom is 0.320 e. The van der Waals surface area contributed by atoms with Gasteiger partial charge in [-0.05, 0) is 13.5 Å². The highest BCUT2D eigenvalue weighted by atomic mass is 19.3. The molecule has 0 saturated heterocycles. The van der Waals surface area contributed by atoms with E-state index < -0.39 is 18.4 Å². The molecule has 4 nitrogen and oxygen atoms in total. The number of carboxylic acid groups (broad SMARTS) is 1. The Morgan fingerprint density at radius 1 is 1.44 bits per heavy atom. The van der Waals surface area contributed by atoms with Crippen LogP contribution in [0.1, 0.15) is 20.3 Å². The third kappa shape index (κ3) is 7.53. The molecule has 2 N–H and O–H groups in total. The fourth-order valence-electron chi connectivity index (χ4n) is 1.36. The number of rotatable bonds is 8. The topological polar surface area (TPSA) is 52.6 Å². The first-order chi connectivity index (χ1) is 7.32. The summed E-state index contributed by atoms with van der Waals surface area (Å²) in [6.45, 7) is 3.70. The number of halogens is 2. The van der Waals surface area contributed by atoms with Crippen LogP contribution in [0.25, 0.3) is 0 Å². The summed E-state index contributed by atoms with van der Waals surface area (Å²) in [5.74, 6) is -0.945. The summed E-state index contributed by atoms with van der Waals surface area (Å²) in [4.78, 5) is 12.3. The molecule has 0 aliphatic heterocycles. The number of carboxylic acids is 1. The molecule has 6 heteroatoms. The zero-order chi connectivity index (χ0) is 12.7. The Hall–Kier alpha value is -0.750. The predicted octanol–water partition coefficient (Wildman–Crippen LogP) is 1.02. The lowest BCUT2D eigenvalue weighted by atomic mass is 10.2. The highest BCUT2D eigenvalue weighted by molar-refractivity contribution is 5.73. The van der Waals surface area contributed by atoms with Crippen molar-refractivity contribution >= 4 is 5.97 Å². The summed E-state index contributed by atoms with van der Waals surface area (Å²) in [5.41, 5.74) is 0. The van der Waals surface area contributed by atoms with Gasteiger partial charge in [-0.25, -0.2) is 8.78 Å². The van der Waals surface area contributed by atoms with Crippen LogP contribution in [-0.2, 0) is 4.79 Å². The number of nitrogens with one attached hydrogen (secondary N) is 1. The highest BCUT2D eigenvalue weighted by Crippen LogP contribution is 2.00. The maximum atomic E-state index is 12.0. The van der Waals surface area contributed by atoms with E-state index in [9.17, 15) is 13.6 Å². The van der Waals surface area contributed by atoms with E-state index in [-0.39, 0.29) is 12.6 Å². The molecule has 1 unspecified atom stereocenters. The molecule has 0 saturated carbocycles. The summed E-state index contributed by atoms with van der Waals surface area (Å²) in [6, 6.07) is -0.623. The monoisotopic (exact) mass is 238 g/mol. The van der Waals surface area contributed by atoms with Gasteiger partial charge >= 0.3 is 5.97 Å². The minimum atomic E-state index is -2.38. The van der Waals surface area contributed by atoms with Crippen molar-refractivity contribution in [1.29, 1.82) is 0 Å². The molecule has 0 rings (SSSR count). The van der Waals surface area contributed by atoms with Crippen molar-refractivity contribution in [2.24, 2.45) is 0 Å². The Labute approximate surface area is 94.6 Å². The molecule has 0 aromatic rings. The first kappa shape index (κ1) is 15.2. The minimum Gasteiger partial charge on any atom is -0.480 e. The quantitative estimate of drug-likeness (QED) is 0.663. The van der Waals surface area contributed by atoms with E-state index in [0.717, 1.165) is 0 Å². The molecule has 1 atom stereocenters. The zero-order valence-corrected chi connectivity index (χ0v) is 9.91. The molecule has 0 fully saturated rings. The third-order valence-corrected chi connectivity index (χ3v) is 2.08. The van der Waals surface area contributed by atoms with Crippen LogP contribution in [0, 0.1) is 0 Å². The van der Waals surface area contributed by atoms with Crippen molar-refractivity contribution in [3.63, 3.8) is 0 Å². The number of nitrogens with zero attached hydrogens (tertiary/aromatic N) is 1. The molecule has 96 valence electrons. The van der Waals surface area contributed by atoms with Crippen LogP contribution in [0.5, 0.6) is 0 Å². The van der Waals surface area contributed by atoms with Crippen molar-refractivity contribution in [2.75, 3.05) is 20.1 Å². The molecule has 0 radical (unpaired) electrons. The lowest BCUT2D eigenvalue weighted by Gasteiger charge is -2.21. The molecule has 0 spiro atoms. The largest absolute Gasteiger partial charge is 0.480 e. The SMILES string of the molecule is CC(C)NC(CCN(C)CC(F)F)C(=O)O. The molecule has 0 bridgehead atoms. The lowest BCUT2D eigenvalue weighted by Crippen LogP contribution is -2.43. The van der Waals surface area contributed by atoms with E-state index in [1.807, 2.05) is 13.8 Å². The second kappa shape index (κ2) is 7.51. The molecule has 16 heavy (non-hydrogen) atoms. The number of alkyl halides is 2. The van der Waals surface area contributed by atoms with Crippen molar-refractivity contribution < 1.29 is 18.7 Å². The van der Waals surface area contributed by atoms with Crippen molar-refractivity contribution in [3.8, 4) is 0 Å². The normalized spacial score (nSPS) is 13.8. The van der Waals surface area contributed by atoms with Gasteiger partial charge in [0.1, 0.15) is 6.04 Å². The van der Waals surface area contributed by atoms with E-state index in [1.165, 1.54) is 4.90 Å². The first-order valence-electron chi connectivity index (χ1n) is 5.28. The van der Waals surface area contributed by atoms with Crippen LogP contribution in [-0.4, -0.2) is 54.6 Å². The summed E-state index contributed by atoms with van der Waals surface area (Å²) >= 11 is 0. The predicted molar refractivity (Wildman–Crippen MR) is 57.8 cm³/mol. The molecule has 0 aromatic carbocycles. The van der Waals surface area contributed by atoms with Crippen molar-refractivity contribution in [2.45, 2.75) is 38.8 Å². The number of carbonyl (C=O) groups is 1. The highest BCUT2D eigenvalue weighted by Gasteiger charge is 2.19. The van der Waals surface area contributed by atoms with E-state index in [4.69, 9.17) is 5.11 Å². The smallest absolute Gasteiger partial charge is 0.320 e. The van der Waals surface area contributed by atoms with E-state index >= 15 is 0 Å². The second-order valence-electron chi connectivity index (χ2n) is 4.15. The fraction of sp³-hybridized carbons (Fsp3) is 0.900. The number of hydrogen-bond acceptors (Lipinski definition) is 3. The van der Waals surface area contributed by atoms with Gasteiger partial charge in [-0.2, -0.15) is 0 Å². The third-order valence-electron chi connectivity index (χ3n) is 2.08. The molecular weight excluding hydrogens is 218 g/mol. The van der Waals surface area contributed by atoms with Crippen molar-refractivity contribution in [3.05, 3.63) is 0 Å². The van der Waals surface area contributed by atoms with E-state index in [1.54, 1.807) is 7.05 Å². The molecule has 0 amide bonds. The second-order valence-corrected chi connectivity index (χ2v) is 4.15. The van der Waals surface area contributed by atoms with Gasteiger partial charge < -0.3 is 15.3 Å². The molecule has 0 heterocycles. The molecule has 0 aliphatic rings. The summed E-state index contributed by atoms with van der Waals surface area (Å²) in [5, 5.41) is 11.8. The van der Waals surface area contributed by atoms with Gasteiger partial charge in [0.15, 0.2) is 0 Å². The fourth-order valence-corrected chi connectivity index (χ4v) is 1.36. The van der Waals surface area contributed by atoms with Crippen LogP contribution in [0.15, 0.2) is 0 Å². The Morgan fingerprint density at radius 3 is 2.38 bits per heavy atom. The standard InChI is InChI=1S/C10H20F2N2O2/c1-7(2)13-8(10(15)16)4-5-14(3)6-9(11)12/h7-9,13H,4-6H2,1-3H3,(H,15,16). The zero-order valence-electron chi connectivity index (χ0n) is 9.91.